The summed E-state index contributed by atoms with van der Waals surface area (Å²) in [5.41, 5.74) is -0.0680. The van der Waals surface area contributed by atoms with E-state index in [9.17, 15) is 18.0 Å². The van der Waals surface area contributed by atoms with Gasteiger partial charge in [-0.25, -0.2) is 4.68 Å². The van der Waals surface area contributed by atoms with Crippen LogP contribution in [0, 0.1) is 0 Å². The van der Waals surface area contributed by atoms with E-state index in [0.717, 1.165) is 22.4 Å². The van der Waals surface area contributed by atoms with Gasteiger partial charge >= 0.3 is 6.18 Å². The van der Waals surface area contributed by atoms with Crippen LogP contribution in [0.15, 0.2) is 22.0 Å². The van der Waals surface area contributed by atoms with E-state index < -0.39 is 24.2 Å². The molecule has 0 radical (unpaired) electrons. The van der Waals surface area contributed by atoms with Crippen molar-refractivity contribution in [2.24, 2.45) is 0 Å². The van der Waals surface area contributed by atoms with Crippen LogP contribution in [0.4, 0.5) is 19.0 Å². The maximum atomic E-state index is 13.7. The molecule has 0 bridgehead atoms. The lowest BCUT2D eigenvalue weighted by atomic mass is 10.0. The number of hydrogen-bond donors (Lipinski definition) is 2. The molecule has 3 atom stereocenters. The zero-order chi connectivity index (χ0) is 19.9. The first-order chi connectivity index (χ1) is 13.3. The number of aromatic nitrogens is 2. The minimum absolute atomic E-state index is 0.0655. The molecular formula is C17H18BrF3N4O2S. The fraction of sp³-hybridized carbons (Fsp3) is 0.529. The molecule has 1 fully saturated rings. The molecule has 0 aromatic carbocycles. The van der Waals surface area contributed by atoms with Crippen LogP contribution in [-0.2, 0) is 4.74 Å². The number of hydrogen-bond acceptors (Lipinski definition) is 5. The molecule has 6 nitrogen and oxygen atoms in total. The molecule has 2 aromatic rings. The first-order valence-corrected chi connectivity index (χ1v) is 10.6. The van der Waals surface area contributed by atoms with E-state index in [4.69, 9.17) is 4.74 Å². The standard InChI is InChI=1S/C17H18BrF3N4O2S/c18-13-14(16(26)22-8-9-3-1-5-27-9)24-25-12(17(19,20)21)7-10(23-15(13)25)11-4-2-6-28-11/h2,4,6,9-10,12,23H,1,3,5,7-8H2,(H,22,26). The zero-order valence-electron chi connectivity index (χ0n) is 14.6. The van der Waals surface area contributed by atoms with Crippen LogP contribution in [0.3, 0.4) is 0 Å². The van der Waals surface area contributed by atoms with Gasteiger partial charge in [0, 0.05) is 24.4 Å². The predicted octanol–water partition coefficient (Wildman–Crippen LogP) is 4.28. The lowest BCUT2D eigenvalue weighted by Gasteiger charge is -2.33. The quantitative estimate of drug-likeness (QED) is 0.688. The number of rotatable bonds is 4. The van der Waals surface area contributed by atoms with Crippen molar-refractivity contribution >= 4 is 39.0 Å². The monoisotopic (exact) mass is 478 g/mol. The molecule has 4 rings (SSSR count). The van der Waals surface area contributed by atoms with Crippen molar-refractivity contribution in [1.29, 1.82) is 0 Å². The Kier molecular flexibility index (Phi) is 5.41. The second-order valence-electron chi connectivity index (χ2n) is 6.81. The highest BCUT2D eigenvalue weighted by Gasteiger charge is 2.48. The molecule has 11 heteroatoms. The molecule has 1 amide bonds. The fourth-order valence-electron chi connectivity index (χ4n) is 3.51. The van der Waals surface area contributed by atoms with Crippen LogP contribution in [0.5, 0.6) is 0 Å². The topological polar surface area (TPSA) is 68.2 Å². The van der Waals surface area contributed by atoms with Gasteiger partial charge in [-0.15, -0.1) is 11.3 Å². The van der Waals surface area contributed by atoms with Gasteiger partial charge in [0.25, 0.3) is 5.91 Å². The summed E-state index contributed by atoms with van der Waals surface area (Å²) in [6.45, 7) is 0.964. The average Bonchev–Trinajstić information content (AvgIpc) is 3.40. The highest BCUT2D eigenvalue weighted by atomic mass is 79.9. The number of amides is 1. The summed E-state index contributed by atoms with van der Waals surface area (Å²) >= 11 is 4.66. The third-order valence-electron chi connectivity index (χ3n) is 4.91. The van der Waals surface area contributed by atoms with Gasteiger partial charge in [0.15, 0.2) is 11.7 Å². The van der Waals surface area contributed by atoms with Gasteiger partial charge in [0.1, 0.15) is 5.82 Å². The van der Waals surface area contributed by atoms with Crippen LogP contribution in [-0.4, -0.2) is 41.1 Å². The summed E-state index contributed by atoms with van der Waals surface area (Å²) in [5, 5.41) is 11.6. The molecule has 2 aromatic heterocycles. The molecule has 1 saturated heterocycles. The Balaban J connectivity index is 1.61. The number of nitrogens with one attached hydrogen (secondary N) is 2. The normalized spacial score (nSPS) is 24.6. The van der Waals surface area contributed by atoms with Crippen molar-refractivity contribution in [1.82, 2.24) is 15.1 Å². The third kappa shape index (κ3) is 3.79. The van der Waals surface area contributed by atoms with Gasteiger partial charge in [-0.3, -0.25) is 4.79 Å². The molecule has 28 heavy (non-hydrogen) atoms. The second-order valence-corrected chi connectivity index (χ2v) is 8.58. The van der Waals surface area contributed by atoms with E-state index in [1.54, 1.807) is 12.1 Å². The van der Waals surface area contributed by atoms with Gasteiger partial charge in [0.2, 0.25) is 0 Å². The molecule has 2 aliphatic rings. The molecule has 152 valence electrons. The Labute approximate surface area is 171 Å². The van der Waals surface area contributed by atoms with E-state index in [0.29, 0.717) is 13.2 Å². The molecule has 0 aliphatic carbocycles. The number of fused-ring (bicyclic) bond motifs is 1. The first kappa shape index (κ1) is 19.7. The zero-order valence-corrected chi connectivity index (χ0v) is 17.0. The van der Waals surface area contributed by atoms with Crippen molar-refractivity contribution < 1.29 is 22.7 Å². The Morgan fingerprint density at radius 2 is 2.32 bits per heavy atom. The van der Waals surface area contributed by atoms with Crippen molar-refractivity contribution in [2.75, 3.05) is 18.5 Å². The third-order valence-corrected chi connectivity index (χ3v) is 6.65. The van der Waals surface area contributed by atoms with Gasteiger partial charge in [-0.2, -0.15) is 18.3 Å². The number of alkyl halides is 3. The first-order valence-electron chi connectivity index (χ1n) is 8.89. The van der Waals surface area contributed by atoms with Crippen LogP contribution < -0.4 is 10.6 Å². The second kappa shape index (κ2) is 7.68. The molecule has 0 spiro atoms. The number of halogens is 4. The van der Waals surface area contributed by atoms with E-state index in [1.165, 1.54) is 11.3 Å². The van der Waals surface area contributed by atoms with Crippen LogP contribution >= 0.6 is 27.3 Å². The lowest BCUT2D eigenvalue weighted by molar-refractivity contribution is -0.173. The maximum Gasteiger partial charge on any atom is 0.410 e. The van der Waals surface area contributed by atoms with E-state index in [-0.39, 0.29) is 28.5 Å². The summed E-state index contributed by atoms with van der Waals surface area (Å²) < 4.78 is 47.7. The van der Waals surface area contributed by atoms with E-state index in [2.05, 4.69) is 31.7 Å². The SMILES string of the molecule is O=C(NCC1CCCO1)c1nn2c(c1Br)NC(c1cccs1)CC2C(F)(F)F. The van der Waals surface area contributed by atoms with Crippen LogP contribution in [0.25, 0.3) is 0 Å². The number of ether oxygens (including phenoxy) is 1. The smallest absolute Gasteiger partial charge is 0.376 e. The predicted molar refractivity (Wildman–Crippen MR) is 102 cm³/mol. The summed E-state index contributed by atoms with van der Waals surface area (Å²) in [6, 6.07) is 1.28. The largest absolute Gasteiger partial charge is 0.410 e. The number of carbonyl (C=O) groups is 1. The Morgan fingerprint density at radius 1 is 1.50 bits per heavy atom. The van der Waals surface area contributed by atoms with E-state index >= 15 is 0 Å². The Hall–Kier alpha value is -1.59. The minimum atomic E-state index is -4.48. The van der Waals surface area contributed by atoms with Gasteiger partial charge in [0.05, 0.1) is 16.6 Å². The number of carbonyl (C=O) groups excluding carboxylic acids is 1. The summed E-state index contributed by atoms with van der Waals surface area (Å²) in [4.78, 5) is 13.3. The molecule has 2 aliphatic heterocycles. The summed E-state index contributed by atoms with van der Waals surface area (Å²) in [6.07, 6.45) is -2.96. The van der Waals surface area contributed by atoms with Gasteiger partial charge in [-0.1, -0.05) is 6.07 Å². The molecule has 2 N–H and O–H groups in total. The highest BCUT2D eigenvalue weighted by Crippen LogP contribution is 2.46. The maximum absolute atomic E-state index is 13.7. The average molecular weight is 479 g/mol. The van der Waals surface area contributed by atoms with Crippen molar-refractivity contribution in [3.8, 4) is 0 Å². The van der Waals surface area contributed by atoms with Crippen molar-refractivity contribution in [3.05, 3.63) is 32.6 Å². The Morgan fingerprint density at radius 3 is 2.96 bits per heavy atom. The Bertz CT molecular complexity index is 849. The minimum Gasteiger partial charge on any atom is -0.376 e. The lowest BCUT2D eigenvalue weighted by Crippen LogP contribution is -2.36. The van der Waals surface area contributed by atoms with Crippen LogP contribution in [0.1, 0.15) is 46.7 Å². The van der Waals surface area contributed by atoms with Crippen LogP contribution in [0.2, 0.25) is 0 Å². The molecule has 3 unspecified atom stereocenters. The van der Waals surface area contributed by atoms with Gasteiger partial charge in [-0.05, 0) is 40.2 Å². The number of thiophene rings is 1. The molecule has 0 saturated carbocycles. The summed E-state index contributed by atoms with van der Waals surface area (Å²) in [5.74, 6) is -0.367. The number of nitrogens with zero attached hydrogens (tertiary/aromatic N) is 2. The van der Waals surface area contributed by atoms with E-state index in [1.807, 2.05) is 5.38 Å². The molecule has 4 heterocycles. The van der Waals surface area contributed by atoms with Crippen molar-refractivity contribution in [2.45, 2.75) is 43.6 Å². The summed E-state index contributed by atoms with van der Waals surface area (Å²) in [7, 11) is 0. The van der Waals surface area contributed by atoms with Crippen molar-refractivity contribution in [3.63, 3.8) is 0 Å². The fourth-order valence-corrected chi connectivity index (χ4v) is 4.85. The van der Waals surface area contributed by atoms with Gasteiger partial charge < -0.3 is 15.4 Å². The number of anilines is 1. The highest BCUT2D eigenvalue weighted by molar-refractivity contribution is 9.10. The molecular weight excluding hydrogens is 461 g/mol.